The van der Waals surface area contributed by atoms with E-state index in [9.17, 15) is 0 Å². The minimum Gasteiger partial charge on any atom is -0.287 e. The van der Waals surface area contributed by atoms with E-state index in [1.54, 1.807) is 11.1 Å². The lowest BCUT2D eigenvalue weighted by molar-refractivity contribution is -0.613. The van der Waals surface area contributed by atoms with Crippen LogP contribution in [-0.2, 0) is 0 Å². The Labute approximate surface area is 263 Å². The van der Waals surface area contributed by atoms with Crippen molar-refractivity contribution in [2.24, 2.45) is 16.8 Å². The van der Waals surface area contributed by atoms with E-state index in [0.717, 1.165) is 12.1 Å². The van der Waals surface area contributed by atoms with Crippen LogP contribution in [0, 0.1) is 11.8 Å². The first-order valence-corrected chi connectivity index (χ1v) is 16.4. The molecule has 0 spiro atoms. The van der Waals surface area contributed by atoms with Crippen LogP contribution in [0.4, 0.5) is 11.4 Å². The Morgan fingerprint density at radius 2 is 1.44 bits per heavy atom. The fraction of sp³-hybridized carbons (Fsp3) is 0.167. The summed E-state index contributed by atoms with van der Waals surface area (Å²) < 4.78 is 2.52. The van der Waals surface area contributed by atoms with Crippen LogP contribution in [-0.4, -0.2) is 10.8 Å². The van der Waals surface area contributed by atoms with Crippen molar-refractivity contribution in [2.45, 2.75) is 31.8 Å². The van der Waals surface area contributed by atoms with Gasteiger partial charge in [0.05, 0.1) is 17.2 Å². The van der Waals surface area contributed by atoms with Crippen LogP contribution in [0.3, 0.4) is 0 Å². The summed E-state index contributed by atoms with van der Waals surface area (Å²) in [5, 5.41) is 4.97. The van der Waals surface area contributed by atoms with Gasteiger partial charge in [0.2, 0.25) is 6.17 Å². The Morgan fingerprint density at radius 1 is 0.689 bits per heavy atom. The molecule has 1 saturated carbocycles. The summed E-state index contributed by atoms with van der Waals surface area (Å²) in [4.78, 5) is 4.93. The molecule has 6 aromatic rings. The van der Waals surface area contributed by atoms with Gasteiger partial charge >= 0.3 is 0 Å². The SMILES string of the molecule is CC1CC=CC2=C1c1cc3c(cc1-c1ccccc1-c1ccccc1C1CC21)c1ccccc1n3C1C=Nc2ccccc2[NH2+]1. The highest BCUT2D eigenvalue weighted by molar-refractivity contribution is 6.12. The van der Waals surface area contributed by atoms with Crippen molar-refractivity contribution in [3.8, 4) is 22.3 Å². The van der Waals surface area contributed by atoms with Crippen LogP contribution >= 0.6 is 0 Å². The normalized spacial score (nSPS) is 22.7. The molecule has 2 N–H and O–H groups in total. The smallest absolute Gasteiger partial charge is 0.207 e. The quantitative estimate of drug-likeness (QED) is 0.188. The van der Waals surface area contributed by atoms with Gasteiger partial charge in [-0.05, 0) is 99.4 Å². The number of rotatable bonds is 1. The fourth-order valence-corrected chi connectivity index (χ4v) is 8.62. The summed E-state index contributed by atoms with van der Waals surface area (Å²) in [6, 6.07) is 40.7. The number of para-hydroxylation sites is 3. The molecule has 45 heavy (non-hydrogen) atoms. The number of nitrogens with two attached hydrogens (primary N) is 1. The minimum atomic E-state index is 0.0315. The van der Waals surface area contributed by atoms with Gasteiger partial charge in [-0.3, -0.25) is 9.88 Å². The highest BCUT2D eigenvalue weighted by Gasteiger charge is 2.44. The first kappa shape index (κ1) is 25.3. The van der Waals surface area contributed by atoms with Gasteiger partial charge in [0.25, 0.3) is 0 Å². The van der Waals surface area contributed by atoms with Crippen molar-refractivity contribution in [3.05, 3.63) is 138 Å². The Hall–Kier alpha value is -4.99. The maximum Gasteiger partial charge on any atom is 0.207 e. The summed E-state index contributed by atoms with van der Waals surface area (Å²) in [6.45, 7) is 2.43. The van der Waals surface area contributed by atoms with Crippen molar-refractivity contribution in [3.63, 3.8) is 0 Å². The largest absolute Gasteiger partial charge is 0.287 e. The maximum atomic E-state index is 4.93. The summed E-state index contributed by atoms with van der Waals surface area (Å²) in [5.41, 5.74) is 16.1. The molecule has 1 fully saturated rings. The Morgan fingerprint density at radius 3 is 2.36 bits per heavy atom. The van der Waals surface area contributed by atoms with E-state index in [1.165, 1.54) is 67.3 Å². The molecule has 0 radical (unpaired) electrons. The molecule has 0 bridgehead atoms. The predicted octanol–water partition coefficient (Wildman–Crippen LogP) is 9.70. The second-order valence-corrected chi connectivity index (χ2v) is 13.3. The van der Waals surface area contributed by atoms with Gasteiger partial charge in [-0.25, -0.2) is 4.99 Å². The number of aliphatic imine (C=N–C) groups is 1. The number of hydrogen-bond acceptors (Lipinski definition) is 1. The maximum absolute atomic E-state index is 4.93. The average molecular weight is 581 g/mol. The van der Waals surface area contributed by atoms with Crippen molar-refractivity contribution < 1.29 is 5.32 Å². The molecule has 4 atom stereocenters. The fourth-order valence-electron chi connectivity index (χ4n) is 8.62. The molecular formula is C42H34N3+. The van der Waals surface area contributed by atoms with E-state index in [0.29, 0.717) is 17.8 Å². The molecule has 4 aliphatic rings. The second kappa shape index (κ2) is 9.50. The summed E-state index contributed by atoms with van der Waals surface area (Å²) in [5.74, 6) is 1.59. The molecule has 0 amide bonds. The molecule has 1 aromatic heterocycles. The second-order valence-electron chi connectivity index (χ2n) is 13.3. The highest BCUT2D eigenvalue weighted by Crippen LogP contribution is 2.59. The number of hydrogen-bond donors (Lipinski definition) is 1. The molecule has 3 nitrogen and oxygen atoms in total. The van der Waals surface area contributed by atoms with Crippen LogP contribution in [0.15, 0.2) is 132 Å². The van der Waals surface area contributed by atoms with E-state index < -0.39 is 0 Å². The third kappa shape index (κ3) is 3.71. The van der Waals surface area contributed by atoms with Crippen molar-refractivity contribution in [1.29, 1.82) is 0 Å². The summed E-state index contributed by atoms with van der Waals surface area (Å²) >= 11 is 0. The van der Waals surface area contributed by atoms with Crippen LogP contribution in [0.1, 0.15) is 43.0 Å². The standard InChI is InChI=1S/C42H33N3/c1-25-11-10-17-31-34-21-32(34)28-14-4-2-12-26(28)27-13-3-5-15-29(27)33-22-35-30-16-6-9-20-39(30)45(40(35)23-36(33)42(25)31)41-24-43-37-18-7-8-19-38(37)44-41/h2-10,12-20,22-25,32,34,41,44H,11,21H2,1H3/p+1. The number of aromatic nitrogens is 1. The number of benzene rings is 5. The number of allylic oxidation sites excluding steroid dienone is 4. The van der Waals surface area contributed by atoms with Crippen molar-refractivity contribution >= 4 is 45.0 Å². The number of nitrogens with zero attached hydrogens (tertiary/aromatic N) is 2. The molecule has 10 rings (SSSR count). The lowest BCUT2D eigenvalue weighted by Crippen LogP contribution is -2.82. The van der Waals surface area contributed by atoms with Gasteiger partial charge in [-0.15, -0.1) is 0 Å². The van der Waals surface area contributed by atoms with E-state index in [2.05, 4.69) is 144 Å². The highest BCUT2D eigenvalue weighted by atomic mass is 15.2. The molecule has 2 heterocycles. The Balaban J connectivity index is 1.32. The van der Waals surface area contributed by atoms with E-state index >= 15 is 0 Å². The van der Waals surface area contributed by atoms with Gasteiger partial charge in [0, 0.05) is 16.8 Å². The minimum absolute atomic E-state index is 0.0315. The zero-order valence-corrected chi connectivity index (χ0v) is 25.3. The molecular weight excluding hydrogens is 546 g/mol. The average Bonchev–Trinajstić information content (AvgIpc) is 3.82. The topological polar surface area (TPSA) is 33.9 Å². The van der Waals surface area contributed by atoms with E-state index in [-0.39, 0.29) is 6.17 Å². The first-order valence-electron chi connectivity index (χ1n) is 16.4. The van der Waals surface area contributed by atoms with Gasteiger partial charge in [-0.1, -0.05) is 97.9 Å². The van der Waals surface area contributed by atoms with E-state index in [1.807, 2.05) is 0 Å². The third-order valence-corrected chi connectivity index (χ3v) is 10.7. The van der Waals surface area contributed by atoms with Gasteiger partial charge < -0.3 is 0 Å². The monoisotopic (exact) mass is 580 g/mol. The molecule has 4 unspecified atom stereocenters. The van der Waals surface area contributed by atoms with Crippen molar-refractivity contribution in [1.82, 2.24) is 4.57 Å². The van der Waals surface area contributed by atoms with E-state index in [4.69, 9.17) is 4.99 Å². The number of fused-ring (bicyclic) bond motifs is 13. The number of quaternary nitrogens is 1. The van der Waals surface area contributed by atoms with Crippen molar-refractivity contribution in [2.75, 3.05) is 0 Å². The predicted molar refractivity (Wildman–Crippen MR) is 186 cm³/mol. The molecule has 216 valence electrons. The lowest BCUT2D eigenvalue weighted by Gasteiger charge is -2.28. The Bertz CT molecular complexity index is 2300. The van der Waals surface area contributed by atoms with Gasteiger partial charge in [0.1, 0.15) is 5.69 Å². The molecule has 0 saturated heterocycles. The zero-order valence-electron chi connectivity index (χ0n) is 25.3. The summed E-state index contributed by atoms with van der Waals surface area (Å²) in [6.07, 6.45) is 9.35. The first-order chi connectivity index (χ1) is 22.2. The zero-order chi connectivity index (χ0) is 29.6. The van der Waals surface area contributed by atoms with Crippen LogP contribution in [0.25, 0.3) is 49.6 Å². The molecule has 3 heteroatoms. The molecule has 1 aliphatic heterocycles. The molecule has 5 aromatic carbocycles. The lowest BCUT2D eigenvalue weighted by atomic mass is 9.77. The van der Waals surface area contributed by atoms with Gasteiger partial charge in [0.15, 0.2) is 5.69 Å². The molecule has 3 aliphatic carbocycles. The van der Waals surface area contributed by atoms with Crippen LogP contribution in [0.5, 0.6) is 0 Å². The Kier molecular flexibility index (Phi) is 5.35. The third-order valence-electron chi connectivity index (χ3n) is 10.7. The van der Waals surface area contributed by atoms with Crippen LogP contribution in [0.2, 0.25) is 0 Å². The van der Waals surface area contributed by atoms with Gasteiger partial charge in [-0.2, -0.15) is 0 Å². The van der Waals surface area contributed by atoms with Crippen LogP contribution < -0.4 is 5.32 Å². The summed E-state index contributed by atoms with van der Waals surface area (Å²) in [7, 11) is 0.